The van der Waals surface area contributed by atoms with E-state index in [9.17, 15) is 4.79 Å². The van der Waals surface area contributed by atoms with Crippen LogP contribution in [0.1, 0.15) is 66.7 Å². The van der Waals surface area contributed by atoms with Crippen LogP contribution in [-0.4, -0.2) is 47.9 Å². The molecule has 4 rings (SSSR count). The van der Waals surface area contributed by atoms with E-state index >= 15 is 0 Å². The van der Waals surface area contributed by atoms with Gasteiger partial charge in [-0.1, -0.05) is 48.6 Å². The number of aryl methyl sites for hydroxylation is 2. The number of nitrogens with zero attached hydrogens (tertiary/aromatic N) is 3. The minimum Gasteiger partial charge on any atom is -0.354 e. The van der Waals surface area contributed by atoms with Crippen LogP contribution in [0.2, 0.25) is 0 Å². The summed E-state index contributed by atoms with van der Waals surface area (Å²) < 4.78 is 0. The van der Waals surface area contributed by atoms with Crippen LogP contribution in [0, 0.1) is 12.8 Å². The molecule has 1 saturated heterocycles. The van der Waals surface area contributed by atoms with Crippen molar-refractivity contribution in [3.8, 4) is 0 Å². The van der Waals surface area contributed by atoms with E-state index in [0.717, 1.165) is 62.0 Å². The molecule has 0 N–H and O–H groups in total. The molecule has 2 aromatic rings. The fourth-order valence-electron chi connectivity index (χ4n) is 5.50. The number of ketones is 1. The molecular weight excluding hydrogens is 442 g/mol. The van der Waals surface area contributed by atoms with Gasteiger partial charge in [-0.25, -0.2) is 4.98 Å². The fraction of sp³-hybridized carbons (Fsp3) is 0.438. The molecule has 0 amide bonds. The van der Waals surface area contributed by atoms with Crippen molar-refractivity contribution in [2.75, 3.05) is 31.1 Å². The summed E-state index contributed by atoms with van der Waals surface area (Å²) in [5.41, 5.74) is 5.67. The first kappa shape index (κ1) is 26.1. The summed E-state index contributed by atoms with van der Waals surface area (Å²) in [5, 5.41) is 0. The molecule has 0 bridgehead atoms. The minimum absolute atomic E-state index is 0.00276. The summed E-state index contributed by atoms with van der Waals surface area (Å²) in [6.07, 6.45) is 14.3. The first-order chi connectivity index (χ1) is 17.4. The molecule has 1 fully saturated rings. The van der Waals surface area contributed by atoms with Crippen LogP contribution in [0.5, 0.6) is 0 Å². The zero-order valence-electron chi connectivity index (χ0n) is 22.2. The van der Waals surface area contributed by atoms with Gasteiger partial charge in [0.25, 0.3) is 0 Å². The van der Waals surface area contributed by atoms with E-state index in [1.165, 1.54) is 42.0 Å². The van der Waals surface area contributed by atoms with Crippen molar-refractivity contribution < 1.29 is 4.79 Å². The Labute approximate surface area is 217 Å². The molecule has 2 atom stereocenters. The first-order valence-electron chi connectivity index (χ1n) is 13.5. The number of pyridine rings is 1. The molecular formula is C32H41N3O. The van der Waals surface area contributed by atoms with Gasteiger partial charge in [0.15, 0.2) is 5.78 Å². The molecule has 190 valence electrons. The average molecular weight is 484 g/mol. The molecule has 1 aliphatic heterocycles. The highest BCUT2D eigenvalue weighted by atomic mass is 16.1. The first-order valence-corrected chi connectivity index (χ1v) is 13.5. The van der Waals surface area contributed by atoms with Crippen LogP contribution in [-0.2, 0) is 6.42 Å². The summed E-state index contributed by atoms with van der Waals surface area (Å²) in [6, 6.07) is 12.9. The quantitative estimate of drug-likeness (QED) is 0.215. The predicted octanol–water partition coefficient (Wildman–Crippen LogP) is 6.66. The largest absolute Gasteiger partial charge is 0.354 e. The van der Waals surface area contributed by atoms with Crippen molar-refractivity contribution >= 4 is 17.7 Å². The monoisotopic (exact) mass is 483 g/mol. The summed E-state index contributed by atoms with van der Waals surface area (Å²) >= 11 is 0. The SMILES string of the molecule is C=CC(=O)c1ccc(/C=C(\C)CN2CCN(c3cccc(C)n3)C[C@@H]2C)c(CCC[C@H]2C=CCC2)c1. The fourth-order valence-corrected chi connectivity index (χ4v) is 5.50. The number of rotatable bonds is 10. The number of hydrogen-bond donors (Lipinski definition) is 0. The maximum Gasteiger partial charge on any atom is 0.185 e. The molecule has 0 unspecified atom stereocenters. The Morgan fingerprint density at radius 3 is 2.81 bits per heavy atom. The number of benzene rings is 1. The Hall–Kier alpha value is -2.98. The molecule has 2 aliphatic rings. The van der Waals surface area contributed by atoms with Gasteiger partial charge in [0.05, 0.1) is 0 Å². The van der Waals surface area contributed by atoms with Gasteiger partial charge in [0.1, 0.15) is 5.82 Å². The number of aromatic nitrogens is 1. The maximum atomic E-state index is 12.3. The Morgan fingerprint density at radius 1 is 1.22 bits per heavy atom. The molecule has 0 radical (unpaired) electrons. The third kappa shape index (κ3) is 6.82. The van der Waals surface area contributed by atoms with Crippen LogP contribution < -0.4 is 4.90 Å². The van der Waals surface area contributed by atoms with Crippen molar-refractivity contribution in [3.05, 3.63) is 89.2 Å². The third-order valence-electron chi connectivity index (χ3n) is 7.56. The molecule has 1 aromatic carbocycles. The highest BCUT2D eigenvalue weighted by Gasteiger charge is 2.24. The lowest BCUT2D eigenvalue weighted by atomic mass is 9.93. The maximum absolute atomic E-state index is 12.3. The van der Waals surface area contributed by atoms with E-state index in [1.807, 2.05) is 6.07 Å². The van der Waals surface area contributed by atoms with Crippen LogP contribution in [0.4, 0.5) is 5.82 Å². The Balaban J connectivity index is 1.42. The highest BCUT2D eigenvalue weighted by Crippen LogP contribution is 2.25. The second-order valence-electron chi connectivity index (χ2n) is 10.5. The minimum atomic E-state index is -0.00276. The van der Waals surface area contributed by atoms with Gasteiger partial charge >= 0.3 is 0 Å². The zero-order chi connectivity index (χ0) is 25.5. The van der Waals surface area contributed by atoms with Crippen molar-refractivity contribution in [3.63, 3.8) is 0 Å². The predicted molar refractivity (Wildman–Crippen MR) is 152 cm³/mol. The Kier molecular flexibility index (Phi) is 8.93. The van der Waals surface area contributed by atoms with E-state index in [2.05, 4.69) is 85.7 Å². The van der Waals surface area contributed by atoms with Crippen molar-refractivity contribution in [1.82, 2.24) is 9.88 Å². The van der Waals surface area contributed by atoms with Gasteiger partial charge in [-0.05, 0) is 94.2 Å². The Morgan fingerprint density at radius 2 is 2.08 bits per heavy atom. The normalized spacial score (nSPS) is 20.6. The van der Waals surface area contributed by atoms with Gasteiger partial charge in [0.2, 0.25) is 0 Å². The average Bonchev–Trinajstić information content (AvgIpc) is 3.39. The molecule has 1 aromatic heterocycles. The molecule has 0 spiro atoms. The topological polar surface area (TPSA) is 36.4 Å². The van der Waals surface area contributed by atoms with Crippen LogP contribution in [0.15, 0.2) is 66.8 Å². The van der Waals surface area contributed by atoms with Crippen LogP contribution >= 0.6 is 0 Å². The molecule has 2 heterocycles. The van der Waals surface area contributed by atoms with Gasteiger partial charge in [-0.2, -0.15) is 0 Å². The highest BCUT2D eigenvalue weighted by molar-refractivity contribution is 6.04. The van der Waals surface area contributed by atoms with Gasteiger partial charge in [-0.15, -0.1) is 0 Å². The number of hydrogen-bond acceptors (Lipinski definition) is 4. The molecule has 1 aliphatic carbocycles. The lowest BCUT2D eigenvalue weighted by molar-refractivity contribution is 0.104. The Bertz CT molecular complexity index is 1130. The summed E-state index contributed by atoms with van der Waals surface area (Å²) in [7, 11) is 0. The van der Waals surface area contributed by atoms with Gasteiger partial charge in [0, 0.05) is 43.5 Å². The van der Waals surface area contributed by atoms with E-state index < -0.39 is 0 Å². The second-order valence-corrected chi connectivity index (χ2v) is 10.5. The number of carbonyl (C=O) groups is 1. The van der Waals surface area contributed by atoms with E-state index in [0.29, 0.717) is 6.04 Å². The summed E-state index contributed by atoms with van der Waals surface area (Å²) in [4.78, 5) is 22.0. The number of anilines is 1. The summed E-state index contributed by atoms with van der Waals surface area (Å²) in [6.45, 7) is 14.2. The molecule has 4 nitrogen and oxygen atoms in total. The standard InChI is InChI=1S/C32H41N3O/c1-5-31(36)30-17-16-29(28(21-30)14-9-13-27-11-6-7-12-27)20-24(2)22-34-18-19-35(23-26(34)4)32-15-8-10-25(3)33-32/h5-6,8,10-11,15-17,20-21,26-27H,1,7,9,12-14,18-19,22-23H2,2-4H3/b24-20+/t26-,27-/m0/s1. The number of piperazine rings is 1. The number of allylic oxidation sites excluding steroid dienone is 3. The van der Waals surface area contributed by atoms with E-state index in [4.69, 9.17) is 4.98 Å². The van der Waals surface area contributed by atoms with E-state index in [1.54, 1.807) is 0 Å². The molecule has 36 heavy (non-hydrogen) atoms. The van der Waals surface area contributed by atoms with Gasteiger partial charge < -0.3 is 4.90 Å². The van der Waals surface area contributed by atoms with Crippen molar-refractivity contribution in [1.29, 1.82) is 0 Å². The number of carbonyl (C=O) groups excluding carboxylic acids is 1. The molecule has 4 heteroatoms. The summed E-state index contributed by atoms with van der Waals surface area (Å²) in [5.74, 6) is 1.80. The smallest absolute Gasteiger partial charge is 0.185 e. The van der Waals surface area contributed by atoms with Crippen molar-refractivity contribution in [2.45, 2.75) is 58.9 Å². The second kappa shape index (κ2) is 12.3. The molecule has 0 saturated carbocycles. The van der Waals surface area contributed by atoms with Crippen molar-refractivity contribution in [2.24, 2.45) is 5.92 Å². The lowest BCUT2D eigenvalue weighted by Crippen LogP contribution is -2.52. The lowest BCUT2D eigenvalue weighted by Gasteiger charge is -2.40. The van der Waals surface area contributed by atoms with Gasteiger partial charge in [-0.3, -0.25) is 9.69 Å². The third-order valence-corrected chi connectivity index (χ3v) is 7.56. The van der Waals surface area contributed by atoms with E-state index in [-0.39, 0.29) is 5.78 Å². The van der Waals surface area contributed by atoms with Crippen LogP contribution in [0.3, 0.4) is 0 Å². The zero-order valence-corrected chi connectivity index (χ0v) is 22.2. The van der Waals surface area contributed by atoms with Crippen LogP contribution in [0.25, 0.3) is 6.08 Å².